The average Bonchev–Trinajstić information content (AvgIpc) is 3.09. The Morgan fingerprint density at radius 2 is 2.21 bits per heavy atom. The van der Waals surface area contributed by atoms with Gasteiger partial charge < -0.3 is 15.1 Å². The number of hydrogen-bond donors (Lipinski definition) is 3. The molecular formula is C19H23Cl2N5O3. The fourth-order valence-electron chi connectivity index (χ4n) is 3.50. The summed E-state index contributed by atoms with van der Waals surface area (Å²) in [5.41, 5.74) is 1.40. The van der Waals surface area contributed by atoms with E-state index in [0.717, 1.165) is 37.0 Å². The maximum absolute atomic E-state index is 12.6. The van der Waals surface area contributed by atoms with Gasteiger partial charge >= 0.3 is 5.63 Å². The number of nitrogens with one attached hydrogen (secondary N) is 3. The molecule has 8 nitrogen and oxygen atoms in total. The molecule has 0 aliphatic carbocycles. The molecule has 1 aliphatic heterocycles. The van der Waals surface area contributed by atoms with Crippen LogP contribution in [0, 0.1) is 6.92 Å². The zero-order chi connectivity index (χ0) is 18.8. The number of amides is 1. The van der Waals surface area contributed by atoms with Crippen molar-refractivity contribution in [3.63, 3.8) is 0 Å². The first kappa shape index (κ1) is 22.9. The Balaban J connectivity index is 0.00000150. The van der Waals surface area contributed by atoms with E-state index in [9.17, 15) is 9.59 Å². The number of pyridine rings is 1. The maximum Gasteiger partial charge on any atom is 0.349 e. The van der Waals surface area contributed by atoms with Crippen molar-refractivity contribution in [3.05, 3.63) is 57.4 Å². The molecule has 0 radical (unpaired) electrons. The van der Waals surface area contributed by atoms with Crippen molar-refractivity contribution in [2.45, 2.75) is 32.2 Å². The maximum atomic E-state index is 12.6. The third-order valence-corrected chi connectivity index (χ3v) is 4.93. The molecule has 0 spiro atoms. The predicted octanol–water partition coefficient (Wildman–Crippen LogP) is 2.46. The van der Waals surface area contributed by atoms with Gasteiger partial charge in [0.15, 0.2) is 5.65 Å². The molecule has 3 aromatic rings. The highest BCUT2D eigenvalue weighted by Gasteiger charge is 2.22. The predicted molar refractivity (Wildman–Crippen MR) is 114 cm³/mol. The first-order chi connectivity index (χ1) is 13.1. The number of hydrogen-bond acceptors (Lipinski definition) is 6. The Morgan fingerprint density at radius 3 is 2.93 bits per heavy atom. The van der Waals surface area contributed by atoms with Crippen LogP contribution in [0.25, 0.3) is 11.0 Å². The molecule has 0 aromatic carbocycles. The topological polar surface area (TPSA) is 113 Å². The molecule has 10 heteroatoms. The lowest BCUT2D eigenvalue weighted by Gasteiger charge is -2.22. The van der Waals surface area contributed by atoms with Crippen LogP contribution in [0.3, 0.4) is 0 Å². The van der Waals surface area contributed by atoms with Gasteiger partial charge in [0.05, 0.1) is 12.2 Å². The lowest BCUT2D eigenvalue weighted by Crippen LogP contribution is -2.31. The average molecular weight is 440 g/mol. The second-order valence-electron chi connectivity index (χ2n) is 6.80. The Kier molecular flexibility index (Phi) is 7.78. The van der Waals surface area contributed by atoms with E-state index in [1.807, 2.05) is 12.1 Å². The number of carbonyl (C=O) groups excluding carboxylic acids is 1. The number of halogens is 2. The van der Waals surface area contributed by atoms with E-state index < -0.39 is 11.5 Å². The lowest BCUT2D eigenvalue weighted by atomic mass is 9.95. The number of piperidine rings is 1. The molecular weight excluding hydrogens is 417 g/mol. The quantitative estimate of drug-likeness (QED) is 0.575. The number of aromatic amines is 1. The van der Waals surface area contributed by atoms with Gasteiger partial charge in [0.1, 0.15) is 11.3 Å². The number of aryl methyl sites for hydroxylation is 1. The summed E-state index contributed by atoms with van der Waals surface area (Å²) in [6.45, 7) is 3.75. The van der Waals surface area contributed by atoms with Crippen molar-refractivity contribution in [2.75, 3.05) is 13.1 Å². The summed E-state index contributed by atoms with van der Waals surface area (Å²) in [7, 11) is 0. The minimum absolute atomic E-state index is 0. The minimum atomic E-state index is -0.593. The van der Waals surface area contributed by atoms with Crippen LogP contribution < -0.4 is 16.3 Å². The van der Waals surface area contributed by atoms with Crippen molar-refractivity contribution in [1.29, 1.82) is 0 Å². The molecule has 1 fully saturated rings. The van der Waals surface area contributed by atoms with Crippen molar-refractivity contribution in [1.82, 2.24) is 25.8 Å². The number of carbonyl (C=O) groups is 1. The van der Waals surface area contributed by atoms with Gasteiger partial charge in [-0.15, -0.1) is 24.8 Å². The van der Waals surface area contributed by atoms with E-state index in [1.54, 1.807) is 19.2 Å². The van der Waals surface area contributed by atoms with E-state index in [4.69, 9.17) is 4.42 Å². The number of H-pyrrole nitrogens is 1. The zero-order valence-corrected chi connectivity index (χ0v) is 17.5. The highest BCUT2D eigenvalue weighted by molar-refractivity contribution is 5.95. The molecule has 1 atom stereocenters. The molecule has 4 rings (SSSR count). The van der Waals surface area contributed by atoms with Crippen molar-refractivity contribution < 1.29 is 9.21 Å². The SMILES string of the molecule is Cc1cc(C2CCCNC2)oc(=O)c1C(=O)NCc1[nH]nc2ncccc12.Cl.Cl. The molecule has 29 heavy (non-hydrogen) atoms. The molecule has 0 saturated carbocycles. The first-order valence-electron chi connectivity index (χ1n) is 9.05. The van der Waals surface area contributed by atoms with Gasteiger partial charge in [0, 0.05) is 24.0 Å². The lowest BCUT2D eigenvalue weighted by molar-refractivity contribution is 0.0945. The van der Waals surface area contributed by atoms with E-state index in [2.05, 4.69) is 25.8 Å². The Morgan fingerprint density at radius 1 is 1.38 bits per heavy atom. The van der Waals surface area contributed by atoms with Gasteiger partial charge in [-0.3, -0.25) is 9.89 Å². The first-order valence-corrected chi connectivity index (χ1v) is 9.05. The molecule has 1 aliphatic rings. The summed E-state index contributed by atoms with van der Waals surface area (Å²) in [5, 5.41) is 13.9. The minimum Gasteiger partial charge on any atom is -0.427 e. The van der Waals surface area contributed by atoms with Gasteiger partial charge in [-0.25, -0.2) is 9.78 Å². The van der Waals surface area contributed by atoms with Crippen LogP contribution in [0.15, 0.2) is 33.6 Å². The normalized spacial score (nSPS) is 16.0. The van der Waals surface area contributed by atoms with Crippen molar-refractivity contribution >= 4 is 41.8 Å². The molecule has 3 N–H and O–H groups in total. The van der Waals surface area contributed by atoms with E-state index in [1.165, 1.54) is 0 Å². The number of aromatic nitrogens is 3. The van der Waals surface area contributed by atoms with Crippen LogP contribution in [0.4, 0.5) is 0 Å². The summed E-state index contributed by atoms with van der Waals surface area (Å²) in [4.78, 5) is 29.2. The van der Waals surface area contributed by atoms with Gasteiger partial charge in [0.2, 0.25) is 0 Å². The summed E-state index contributed by atoms with van der Waals surface area (Å²) < 4.78 is 5.47. The Hall–Kier alpha value is -2.42. The molecule has 0 bridgehead atoms. The summed E-state index contributed by atoms with van der Waals surface area (Å²) in [5.74, 6) is 0.360. The molecule has 1 saturated heterocycles. The molecule has 4 heterocycles. The summed E-state index contributed by atoms with van der Waals surface area (Å²) in [6.07, 6.45) is 3.67. The van der Waals surface area contributed by atoms with Crippen LogP contribution in [0.5, 0.6) is 0 Å². The monoisotopic (exact) mass is 439 g/mol. The second kappa shape index (κ2) is 9.87. The molecule has 156 valence electrons. The fraction of sp³-hybridized carbons (Fsp3) is 0.368. The fourth-order valence-corrected chi connectivity index (χ4v) is 3.50. The highest BCUT2D eigenvalue weighted by atomic mass is 35.5. The third-order valence-electron chi connectivity index (χ3n) is 4.93. The van der Waals surface area contributed by atoms with E-state index in [-0.39, 0.29) is 42.8 Å². The van der Waals surface area contributed by atoms with Crippen LogP contribution in [0.1, 0.15) is 46.1 Å². The molecule has 1 unspecified atom stereocenters. The largest absolute Gasteiger partial charge is 0.427 e. The number of fused-ring (bicyclic) bond motifs is 1. The highest BCUT2D eigenvalue weighted by Crippen LogP contribution is 2.23. The summed E-state index contributed by atoms with van der Waals surface area (Å²) >= 11 is 0. The van der Waals surface area contributed by atoms with E-state index >= 15 is 0 Å². The van der Waals surface area contributed by atoms with Crippen LogP contribution in [0.2, 0.25) is 0 Å². The molecule has 1 amide bonds. The Bertz CT molecular complexity index is 1040. The van der Waals surface area contributed by atoms with Crippen molar-refractivity contribution in [2.24, 2.45) is 0 Å². The van der Waals surface area contributed by atoms with Gasteiger partial charge in [-0.1, -0.05) is 0 Å². The third kappa shape index (κ3) is 4.77. The standard InChI is InChI=1S/C19H21N5O3.2ClH/c1-11-8-15(12-4-2-6-20-9-12)27-19(26)16(11)18(25)22-10-14-13-5-3-7-21-17(13)24-23-14;;/h3,5,7-8,12,20H,2,4,6,9-10H2,1H3,(H,22,25)(H,21,23,24);2*1H. The van der Waals surface area contributed by atoms with Gasteiger partial charge in [-0.2, -0.15) is 5.10 Å². The van der Waals surface area contributed by atoms with Gasteiger partial charge in [-0.05, 0) is 50.1 Å². The molecule has 3 aromatic heterocycles. The van der Waals surface area contributed by atoms with Crippen LogP contribution in [-0.2, 0) is 6.54 Å². The van der Waals surface area contributed by atoms with Crippen LogP contribution in [-0.4, -0.2) is 34.2 Å². The number of rotatable bonds is 4. The Labute approximate surface area is 179 Å². The second-order valence-corrected chi connectivity index (χ2v) is 6.80. The van der Waals surface area contributed by atoms with Crippen LogP contribution >= 0.6 is 24.8 Å². The zero-order valence-electron chi connectivity index (χ0n) is 15.9. The van der Waals surface area contributed by atoms with Crippen molar-refractivity contribution in [3.8, 4) is 0 Å². The number of nitrogens with zero attached hydrogens (tertiary/aromatic N) is 2. The summed E-state index contributed by atoms with van der Waals surface area (Å²) in [6, 6.07) is 5.49. The van der Waals surface area contributed by atoms with E-state index in [0.29, 0.717) is 17.0 Å². The smallest absolute Gasteiger partial charge is 0.349 e. The van der Waals surface area contributed by atoms with Gasteiger partial charge in [0.25, 0.3) is 5.91 Å².